The lowest BCUT2D eigenvalue weighted by Gasteiger charge is -2.18. The first-order valence-corrected chi connectivity index (χ1v) is 6.37. The van der Waals surface area contributed by atoms with Crippen LogP contribution in [0.25, 0.3) is 0 Å². The minimum Gasteiger partial charge on any atom is -0.384 e. The van der Waals surface area contributed by atoms with E-state index in [0.29, 0.717) is 0 Å². The van der Waals surface area contributed by atoms with Crippen molar-refractivity contribution in [2.45, 2.75) is 31.2 Å². The second-order valence-electron chi connectivity index (χ2n) is 5.17. The molecule has 86 valence electrons. The maximum Gasteiger partial charge on any atom is 0.0376 e. The average Bonchev–Trinajstić information content (AvgIpc) is 3.08. The Labute approximate surface area is 97.6 Å². The van der Waals surface area contributed by atoms with Gasteiger partial charge in [-0.1, -0.05) is 18.2 Å². The first kappa shape index (κ1) is 10.2. The Kier molecular flexibility index (Phi) is 2.60. The van der Waals surface area contributed by atoms with Crippen molar-refractivity contribution in [2.75, 3.05) is 25.5 Å². The molecule has 1 unspecified atom stereocenters. The third kappa shape index (κ3) is 1.94. The topological polar surface area (TPSA) is 15.3 Å². The highest BCUT2D eigenvalue weighted by Gasteiger charge is 2.27. The molecule has 3 rings (SSSR count). The van der Waals surface area contributed by atoms with Crippen molar-refractivity contribution in [2.24, 2.45) is 0 Å². The SMILES string of the molecule is CN(CCC1CNc2ccccc21)C1CC1. The van der Waals surface area contributed by atoms with Crippen molar-refractivity contribution < 1.29 is 0 Å². The van der Waals surface area contributed by atoms with E-state index in [1.807, 2.05) is 0 Å². The van der Waals surface area contributed by atoms with Crippen molar-refractivity contribution in [3.8, 4) is 0 Å². The van der Waals surface area contributed by atoms with Gasteiger partial charge in [-0.15, -0.1) is 0 Å². The molecule has 1 atom stereocenters. The first-order chi connectivity index (χ1) is 7.84. The summed E-state index contributed by atoms with van der Waals surface area (Å²) < 4.78 is 0. The van der Waals surface area contributed by atoms with Gasteiger partial charge in [0, 0.05) is 24.2 Å². The third-order valence-electron chi connectivity index (χ3n) is 3.94. The lowest BCUT2D eigenvalue weighted by Crippen LogP contribution is -2.23. The molecule has 2 nitrogen and oxygen atoms in total. The van der Waals surface area contributed by atoms with Crippen LogP contribution >= 0.6 is 0 Å². The minimum absolute atomic E-state index is 0.720. The Morgan fingerprint density at radius 3 is 2.94 bits per heavy atom. The fourth-order valence-electron chi connectivity index (χ4n) is 2.67. The normalized spacial score (nSPS) is 23.2. The van der Waals surface area contributed by atoms with Crippen molar-refractivity contribution in [3.63, 3.8) is 0 Å². The molecule has 1 fully saturated rings. The summed E-state index contributed by atoms with van der Waals surface area (Å²) in [6.45, 7) is 2.36. The van der Waals surface area contributed by atoms with Gasteiger partial charge in [-0.3, -0.25) is 0 Å². The lowest BCUT2D eigenvalue weighted by atomic mass is 9.98. The molecule has 2 heteroatoms. The zero-order chi connectivity index (χ0) is 11.0. The summed E-state index contributed by atoms with van der Waals surface area (Å²) in [5.41, 5.74) is 2.87. The molecule has 0 bridgehead atoms. The van der Waals surface area contributed by atoms with Crippen LogP contribution in [0.4, 0.5) is 5.69 Å². The molecule has 1 aliphatic heterocycles. The molecule has 1 aromatic carbocycles. The predicted octanol–water partition coefficient (Wildman–Crippen LogP) is 2.68. The van der Waals surface area contributed by atoms with Crippen LogP contribution in [0.5, 0.6) is 0 Å². The highest BCUT2D eigenvalue weighted by Crippen LogP contribution is 2.34. The number of hydrogen-bond donors (Lipinski definition) is 1. The Morgan fingerprint density at radius 1 is 1.31 bits per heavy atom. The largest absolute Gasteiger partial charge is 0.384 e. The van der Waals surface area contributed by atoms with E-state index in [2.05, 4.69) is 41.5 Å². The molecule has 1 heterocycles. The van der Waals surface area contributed by atoms with Gasteiger partial charge in [0.2, 0.25) is 0 Å². The van der Waals surface area contributed by atoms with Crippen LogP contribution in [-0.2, 0) is 0 Å². The van der Waals surface area contributed by atoms with Gasteiger partial charge in [0.15, 0.2) is 0 Å². The summed E-state index contributed by atoms with van der Waals surface area (Å²) in [4.78, 5) is 2.53. The Hall–Kier alpha value is -1.02. The van der Waals surface area contributed by atoms with E-state index < -0.39 is 0 Å². The number of para-hydroxylation sites is 1. The highest BCUT2D eigenvalue weighted by atomic mass is 15.1. The van der Waals surface area contributed by atoms with E-state index in [1.54, 1.807) is 0 Å². The molecule has 16 heavy (non-hydrogen) atoms. The predicted molar refractivity (Wildman–Crippen MR) is 67.9 cm³/mol. The number of rotatable bonds is 4. The van der Waals surface area contributed by atoms with E-state index >= 15 is 0 Å². The van der Waals surface area contributed by atoms with Crippen LogP contribution in [0.2, 0.25) is 0 Å². The fourth-order valence-corrected chi connectivity index (χ4v) is 2.67. The molecule has 2 aliphatic rings. The zero-order valence-corrected chi connectivity index (χ0v) is 9.95. The summed E-state index contributed by atoms with van der Waals surface area (Å²) in [5.74, 6) is 0.720. The molecule has 1 saturated carbocycles. The molecular weight excluding hydrogens is 196 g/mol. The third-order valence-corrected chi connectivity index (χ3v) is 3.94. The van der Waals surface area contributed by atoms with Gasteiger partial charge < -0.3 is 10.2 Å². The smallest absolute Gasteiger partial charge is 0.0376 e. The quantitative estimate of drug-likeness (QED) is 0.832. The minimum atomic E-state index is 0.720. The van der Waals surface area contributed by atoms with Crippen LogP contribution in [-0.4, -0.2) is 31.1 Å². The second kappa shape index (κ2) is 4.10. The van der Waals surface area contributed by atoms with Crippen LogP contribution in [0.1, 0.15) is 30.7 Å². The maximum atomic E-state index is 3.50. The van der Waals surface area contributed by atoms with Crippen LogP contribution in [0, 0.1) is 0 Å². The Bertz CT molecular complexity index is 371. The standard InChI is InChI=1S/C14H20N2/c1-16(12-6-7-12)9-8-11-10-15-14-5-3-2-4-13(11)14/h2-5,11-12,15H,6-10H2,1H3. The van der Waals surface area contributed by atoms with E-state index in [4.69, 9.17) is 0 Å². The van der Waals surface area contributed by atoms with Crippen LogP contribution < -0.4 is 5.32 Å². The summed E-state index contributed by atoms with van der Waals surface area (Å²) in [5, 5.41) is 3.50. The molecule has 0 amide bonds. The number of nitrogens with one attached hydrogen (secondary N) is 1. The first-order valence-electron chi connectivity index (χ1n) is 6.37. The molecule has 1 aromatic rings. The van der Waals surface area contributed by atoms with Crippen LogP contribution in [0.15, 0.2) is 24.3 Å². The monoisotopic (exact) mass is 216 g/mol. The number of fused-ring (bicyclic) bond motifs is 1. The molecule has 1 aliphatic carbocycles. The van der Waals surface area contributed by atoms with Crippen molar-refractivity contribution >= 4 is 5.69 Å². The zero-order valence-electron chi connectivity index (χ0n) is 9.95. The highest BCUT2D eigenvalue weighted by molar-refractivity contribution is 5.57. The number of hydrogen-bond acceptors (Lipinski definition) is 2. The maximum absolute atomic E-state index is 3.50. The molecule has 1 N–H and O–H groups in total. The van der Waals surface area contributed by atoms with Gasteiger partial charge in [0.1, 0.15) is 0 Å². The van der Waals surface area contributed by atoms with Crippen molar-refractivity contribution in [1.82, 2.24) is 4.90 Å². The van der Waals surface area contributed by atoms with E-state index in [9.17, 15) is 0 Å². The molecule has 0 saturated heterocycles. The number of anilines is 1. The summed E-state index contributed by atoms with van der Waals surface area (Å²) in [7, 11) is 2.27. The van der Waals surface area contributed by atoms with Gasteiger partial charge >= 0.3 is 0 Å². The number of benzene rings is 1. The van der Waals surface area contributed by atoms with Crippen molar-refractivity contribution in [3.05, 3.63) is 29.8 Å². The molecule has 0 radical (unpaired) electrons. The summed E-state index contributed by atoms with van der Waals surface area (Å²) in [6.07, 6.45) is 4.11. The average molecular weight is 216 g/mol. The summed E-state index contributed by atoms with van der Waals surface area (Å²) in [6, 6.07) is 9.63. The van der Waals surface area contributed by atoms with Crippen LogP contribution in [0.3, 0.4) is 0 Å². The number of nitrogens with zero attached hydrogens (tertiary/aromatic N) is 1. The van der Waals surface area contributed by atoms with Gasteiger partial charge in [0.25, 0.3) is 0 Å². The Balaban J connectivity index is 1.60. The molecule has 0 aromatic heterocycles. The van der Waals surface area contributed by atoms with Gasteiger partial charge in [-0.2, -0.15) is 0 Å². The Morgan fingerprint density at radius 2 is 2.12 bits per heavy atom. The van der Waals surface area contributed by atoms with Gasteiger partial charge in [-0.25, -0.2) is 0 Å². The van der Waals surface area contributed by atoms with Gasteiger partial charge in [0.05, 0.1) is 0 Å². The molecular formula is C14H20N2. The van der Waals surface area contributed by atoms with E-state index in [0.717, 1.165) is 18.5 Å². The van der Waals surface area contributed by atoms with E-state index in [1.165, 1.54) is 37.1 Å². The lowest BCUT2D eigenvalue weighted by molar-refractivity contribution is 0.311. The van der Waals surface area contributed by atoms with Crippen molar-refractivity contribution in [1.29, 1.82) is 0 Å². The molecule has 0 spiro atoms. The van der Waals surface area contributed by atoms with Gasteiger partial charge in [-0.05, 0) is 44.5 Å². The second-order valence-corrected chi connectivity index (χ2v) is 5.17. The van der Waals surface area contributed by atoms with E-state index in [-0.39, 0.29) is 0 Å². The fraction of sp³-hybridized carbons (Fsp3) is 0.571. The summed E-state index contributed by atoms with van der Waals surface area (Å²) >= 11 is 0.